The van der Waals surface area contributed by atoms with Crippen molar-refractivity contribution in [1.29, 1.82) is 0 Å². The number of fused-ring (bicyclic) bond motifs is 12. The monoisotopic (exact) mass is 1500 g/mol. The van der Waals surface area contributed by atoms with Gasteiger partial charge in [-0.15, -0.1) is 0 Å². The van der Waals surface area contributed by atoms with Crippen LogP contribution in [0.5, 0.6) is 0 Å². The molecule has 0 amide bonds. The van der Waals surface area contributed by atoms with Crippen LogP contribution in [-0.4, -0.2) is 0 Å². The van der Waals surface area contributed by atoms with Crippen LogP contribution in [0.1, 0.15) is 83.6 Å². The molecule has 0 aromatic heterocycles. The lowest BCUT2D eigenvalue weighted by Gasteiger charge is -2.19. The molecule has 0 atom stereocenters. The predicted molar refractivity (Wildman–Crippen MR) is 493 cm³/mol. The maximum Gasteiger partial charge on any atom is 0.0636 e. The Hall–Kier alpha value is -14.8. The first kappa shape index (κ1) is 29.4. The van der Waals surface area contributed by atoms with E-state index in [0.29, 0.717) is 5.56 Å². The Morgan fingerprint density at radius 3 is 0.860 bits per heavy atom. The Morgan fingerprint density at radius 1 is 0.132 bits per heavy atom. The van der Waals surface area contributed by atoms with Crippen molar-refractivity contribution < 1.29 is 83.6 Å². The van der Waals surface area contributed by atoms with E-state index in [1.165, 1.54) is 6.07 Å². The van der Waals surface area contributed by atoms with Crippen molar-refractivity contribution in [3.63, 3.8) is 0 Å². The fourth-order valence-electron chi connectivity index (χ4n) is 14.0. The van der Waals surface area contributed by atoms with Crippen LogP contribution in [0.25, 0.3) is 218 Å². The Kier molecular flexibility index (Phi) is 7.46. The molecule has 0 spiro atoms. The van der Waals surface area contributed by atoms with Crippen LogP contribution in [0.2, 0.25) is 0 Å². The Labute approximate surface area is 748 Å². The van der Waals surface area contributed by atoms with E-state index in [4.69, 9.17) is 65.8 Å². The molecule has 0 heterocycles. The molecule has 114 heavy (non-hydrogen) atoms. The van der Waals surface area contributed by atoms with Crippen LogP contribution in [-0.2, 0) is 0 Å². The van der Waals surface area contributed by atoms with Gasteiger partial charge in [-0.25, -0.2) is 0 Å². The first-order valence-electron chi connectivity index (χ1n) is 65.0. The van der Waals surface area contributed by atoms with E-state index in [0.717, 1.165) is 28.0 Å². The molecule has 0 aliphatic heterocycles. The van der Waals surface area contributed by atoms with E-state index in [-0.39, 0.29) is 49.0 Å². The van der Waals surface area contributed by atoms with Crippen LogP contribution in [0.15, 0.2) is 447 Å². The van der Waals surface area contributed by atoms with E-state index < -0.39 is 510 Å². The Bertz CT molecular complexity index is 11300. The second-order valence-electron chi connectivity index (χ2n) is 25.3. The lowest BCUT2D eigenvalue weighted by molar-refractivity contribution is 1.63. The maximum atomic E-state index is 9.42. The van der Waals surface area contributed by atoms with Crippen LogP contribution in [0.4, 0.5) is 0 Å². The number of benzene rings is 23. The van der Waals surface area contributed by atoms with E-state index in [2.05, 4.69) is 0 Å². The highest BCUT2D eigenvalue weighted by atomic mass is 14.3. The van der Waals surface area contributed by atoms with Gasteiger partial charge in [0.05, 0.1) is 83.6 Å². The van der Waals surface area contributed by atoms with Crippen molar-refractivity contribution in [2.24, 2.45) is 0 Å². The SMILES string of the molecule is [2H]c1c([2H])c([2H])c2c([2H])c(-c3c4c([2H])c([2H])c([2H])c([2H])c4c(-c4c([2H])c([2H])c5c([2H])c([2H])c([2H])c([2H])c5c4[2H])c4c([2H])c([2H])c([2H])c([2H])c34)c([2H])c([2H])c2c1[2H].[2H]c1cc2c(-c3c([2H])c([2H])c([2H])c4c([2H])c([2H])c([2H])c([2H])c34)c3c([2H])c([2H])c([2H])c([2H])c3c(-c3c([2H])c([2H])c(-c4c([2H])c([2H])c5c([2H])c([2H])c([2H])c([2H])c5c4[2H])c([2H])c3[2H])c2c([2H])c1[2H].[2H]c1cc2c(-c3c([2H])c([2H])c([2H])c4c([2H])c([2H])c([2H])c([2H])c34)c3c([2H])c([2H])c([2H])c([2H])c3c(-c3ccc(-c4ccc5ccccc5c4)cc3)c2c([2H])c1[2H]. The average molecular weight is 1510 g/mol. The lowest BCUT2D eigenvalue weighted by Crippen LogP contribution is -1.91. The summed E-state index contributed by atoms with van der Waals surface area (Å²) >= 11 is 0. The van der Waals surface area contributed by atoms with Gasteiger partial charge in [0.1, 0.15) is 0 Å². The molecular formula is C114H74. The Balaban J connectivity index is 0.000000149. The smallest absolute Gasteiger partial charge is 0.0616 e. The van der Waals surface area contributed by atoms with E-state index in [1.54, 1.807) is 12.1 Å². The first-order chi connectivity index (χ1) is 81.9. The third-order valence-electron chi connectivity index (χ3n) is 19.0. The fraction of sp³-hybridized carbons (Fsp3) is 0. The van der Waals surface area contributed by atoms with Crippen molar-refractivity contribution in [3.05, 3.63) is 447 Å². The van der Waals surface area contributed by atoms with Crippen molar-refractivity contribution in [1.82, 2.24) is 0 Å². The molecule has 0 bridgehead atoms. The largest absolute Gasteiger partial charge is 0.0636 e. The molecule has 0 aliphatic rings. The van der Waals surface area contributed by atoms with Gasteiger partial charge < -0.3 is 0 Å². The minimum Gasteiger partial charge on any atom is -0.0616 e. The third kappa shape index (κ3) is 12.0. The number of hydrogen-bond acceptors (Lipinski definition) is 0. The highest BCUT2D eigenvalue weighted by Crippen LogP contribution is 2.50. The molecule has 23 aromatic carbocycles. The minimum atomic E-state index is -1.02. The van der Waals surface area contributed by atoms with Gasteiger partial charge in [-0.1, -0.05) is 423 Å². The zero-order valence-electron chi connectivity index (χ0n) is 119. The van der Waals surface area contributed by atoms with Gasteiger partial charge in [0.2, 0.25) is 0 Å². The second-order valence-corrected chi connectivity index (χ2v) is 25.3. The average Bonchev–Trinajstić information content (AvgIpc) is 0.684. The molecule has 0 nitrogen and oxygen atoms in total. The van der Waals surface area contributed by atoms with Gasteiger partial charge in [-0.3, -0.25) is 0 Å². The molecule has 0 unspecified atom stereocenters. The summed E-state index contributed by atoms with van der Waals surface area (Å²) in [5.41, 5.74) is -4.74. The van der Waals surface area contributed by atoms with Crippen molar-refractivity contribution in [2.75, 3.05) is 0 Å². The van der Waals surface area contributed by atoms with Gasteiger partial charge in [0.25, 0.3) is 0 Å². The minimum absolute atomic E-state index is 0.00600. The van der Waals surface area contributed by atoms with Crippen LogP contribution >= 0.6 is 0 Å². The third-order valence-corrected chi connectivity index (χ3v) is 19.0. The molecule has 23 aromatic rings. The molecular weight excluding hydrogens is 1370 g/mol. The van der Waals surface area contributed by atoms with Gasteiger partial charge in [0, 0.05) is 0 Å². The van der Waals surface area contributed by atoms with Crippen LogP contribution < -0.4 is 0 Å². The second kappa shape index (κ2) is 28.9. The summed E-state index contributed by atoms with van der Waals surface area (Å²) in [5, 5.41) is -7.89. The fourth-order valence-corrected chi connectivity index (χ4v) is 14.0. The van der Waals surface area contributed by atoms with E-state index >= 15 is 0 Å². The van der Waals surface area contributed by atoms with E-state index in [1.807, 2.05) is 54.6 Å². The van der Waals surface area contributed by atoms with Crippen LogP contribution in [0.3, 0.4) is 0 Å². The summed E-state index contributed by atoms with van der Waals surface area (Å²) in [7, 11) is 0. The quantitative estimate of drug-likeness (QED) is 0.133. The topological polar surface area (TPSA) is 0 Å². The number of rotatable bonds is 8. The summed E-state index contributed by atoms with van der Waals surface area (Å²) in [5.74, 6) is 0. The molecule has 0 radical (unpaired) electrons. The van der Waals surface area contributed by atoms with Gasteiger partial charge >= 0.3 is 0 Å². The van der Waals surface area contributed by atoms with Gasteiger partial charge in [-0.2, -0.15) is 0 Å². The zero-order valence-corrected chi connectivity index (χ0v) is 58.0. The molecule has 0 saturated heterocycles. The molecule has 0 saturated carbocycles. The van der Waals surface area contributed by atoms with Crippen LogP contribution in [0, 0.1) is 0 Å². The summed E-state index contributed by atoms with van der Waals surface area (Å²) in [6.07, 6.45) is 0. The highest BCUT2D eigenvalue weighted by Gasteiger charge is 2.22. The zero-order chi connectivity index (χ0) is 129. The lowest BCUT2D eigenvalue weighted by atomic mass is 9.84. The highest BCUT2D eigenvalue weighted by molar-refractivity contribution is 6.26. The van der Waals surface area contributed by atoms with Crippen molar-refractivity contribution in [3.8, 4) is 89.0 Å². The summed E-state index contributed by atoms with van der Waals surface area (Å²) < 4.78 is 537. The normalized spacial score (nSPS) is 19.0. The van der Waals surface area contributed by atoms with E-state index in [9.17, 15) is 17.8 Å². The molecule has 23 rings (SSSR count). The molecule has 0 aliphatic carbocycles. The maximum absolute atomic E-state index is 9.42. The Morgan fingerprint density at radius 2 is 0.421 bits per heavy atom. The molecule has 530 valence electrons. The van der Waals surface area contributed by atoms with Crippen molar-refractivity contribution >= 4 is 129 Å². The first-order valence-corrected chi connectivity index (χ1v) is 34.5. The van der Waals surface area contributed by atoms with Crippen molar-refractivity contribution in [2.45, 2.75) is 0 Å². The summed E-state index contributed by atoms with van der Waals surface area (Å²) in [4.78, 5) is 0. The standard InChI is InChI=1S/2C40H26.C34H22/c2*1-2-12-31-26-32(25-22-27(31)10-1)28-20-23-30(24-21-28)39-35-15-5-7-17-37(35)40(38-18-8-6-16-36(38)39)34-19-9-13-29-11-3-4-14-33(29)34;1-3-11-25-21-27(19-17-23(25)9-1)33-29-13-5-7-15-31(29)34(32-16-8-6-14-30(32)33)28-20-18-24-10-2-4-12-26(24)22-28/h2*1-26H;1-22H/i1D,2D,3D,4D,5D,6D,7D,8D,9D,10D,11D,12D,13D,14D,15D,16D,17D,19D,20D,21D,22D,23D,24D,25D,26D;3D,4D,5D,6D,7D,8D,9D,11D,13D,14D,15D,16D,17D,19D;1D,2D,3D,4D,5D,6D,7D,8D,9D,10D,11D,12D,13D,14D,15D,16D,17D,18D,19D,20D,21D,22D. The van der Waals surface area contributed by atoms with Gasteiger partial charge in [0.15, 0.2) is 0 Å². The molecule has 0 heteroatoms. The molecule has 0 fully saturated rings. The summed E-state index contributed by atoms with van der Waals surface area (Å²) in [6, 6.07) is -25.0. The molecule has 0 N–H and O–H groups in total. The summed E-state index contributed by atoms with van der Waals surface area (Å²) in [6.45, 7) is 0. The predicted octanol–water partition coefficient (Wildman–Crippen LogP) is 32.2. The van der Waals surface area contributed by atoms with Gasteiger partial charge in [-0.05, 0) is 242 Å². The number of hydrogen-bond donors (Lipinski definition) is 0.